The summed E-state index contributed by atoms with van der Waals surface area (Å²) in [5, 5.41) is 5.63. The molecule has 1 aliphatic carbocycles. The zero-order valence-corrected chi connectivity index (χ0v) is 11.6. The van der Waals surface area contributed by atoms with E-state index in [0.717, 1.165) is 13.0 Å². The Kier molecular flexibility index (Phi) is 4.06. The molecule has 1 saturated carbocycles. The van der Waals surface area contributed by atoms with Gasteiger partial charge in [0.05, 0.1) is 0 Å². The van der Waals surface area contributed by atoms with Crippen molar-refractivity contribution in [3.8, 4) is 0 Å². The van der Waals surface area contributed by atoms with E-state index in [1.54, 1.807) is 6.07 Å². The average molecular weight is 288 g/mol. The number of hydrogen-bond donors (Lipinski definition) is 2. The van der Waals surface area contributed by atoms with Crippen molar-refractivity contribution in [2.75, 3.05) is 17.2 Å². The number of aryl methyl sites for hydroxylation is 1. The smallest absolute Gasteiger partial charge is 0.370 e. The molecular weight excluding hydrogens is 269 g/mol. The third-order valence-electron chi connectivity index (χ3n) is 3.30. The van der Waals surface area contributed by atoms with Crippen molar-refractivity contribution in [1.82, 2.24) is 9.97 Å². The lowest BCUT2D eigenvalue weighted by molar-refractivity contribution is -0.151. The summed E-state index contributed by atoms with van der Waals surface area (Å²) in [6.45, 7) is 4.61. The van der Waals surface area contributed by atoms with E-state index >= 15 is 0 Å². The zero-order chi connectivity index (χ0) is 14.8. The van der Waals surface area contributed by atoms with Crippen LogP contribution in [0.15, 0.2) is 6.07 Å². The van der Waals surface area contributed by atoms with Crippen molar-refractivity contribution < 1.29 is 13.2 Å². The van der Waals surface area contributed by atoms with Crippen molar-refractivity contribution in [3.63, 3.8) is 0 Å². The molecule has 0 bridgehead atoms. The van der Waals surface area contributed by atoms with Gasteiger partial charge in [0.1, 0.15) is 23.0 Å². The highest BCUT2D eigenvalue weighted by Gasteiger charge is 2.63. The maximum atomic E-state index is 12.9. The fourth-order valence-corrected chi connectivity index (χ4v) is 1.91. The number of anilines is 2. The van der Waals surface area contributed by atoms with Crippen LogP contribution in [0.4, 0.5) is 24.8 Å². The minimum Gasteiger partial charge on any atom is -0.370 e. The van der Waals surface area contributed by atoms with Crippen LogP contribution in [0, 0.1) is 0 Å². The van der Waals surface area contributed by atoms with Gasteiger partial charge in [-0.15, -0.1) is 0 Å². The molecule has 1 heterocycles. The molecule has 1 aliphatic rings. The predicted molar refractivity (Wildman–Crippen MR) is 71.8 cm³/mol. The molecule has 0 atom stereocenters. The SMILES string of the molecule is CCCNc1cc(NC2(C(F)(F)F)CC2)nc(CC)n1. The Morgan fingerprint density at radius 1 is 1.20 bits per heavy atom. The van der Waals surface area contributed by atoms with Crippen molar-refractivity contribution in [2.45, 2.75) is 51.2 Å². The Morgan fingerprint density at radius 2 is 1.85 bits per heavy atom. The van der Waals surface area contributed by atoms with Gasteiger partial charge in [-0.2, -0.15) is 13.2 Å². The standard InChI is InChI=1S/C13H19F3N4/c1-3-7-17-10-8-11(19-9(4-2)18-10)20-12(5-6-12)13(14,15)16/h8H,3-7H2,1-2H3,(H2,17,18,19,20). The molecule has 1 aromatic heterocycles. The second kappa shape index (κ2) is 5.46. The fourth-order valence-electron chi connectivity index (χ4n) is 1.91. The van der Waals surface area contributed by atoms with Crippen LogP contribution in [0.25, 0.3) is 0 Å². The highest BCUT2D eigenvalue weighted by molar-refractivity contribution is 5.50. The Labute approximate surface area is 116 Å². The van der Waals surface area contributed by atoms with Crippen molar-refractivity contribution in [2.24, 2.45) is 0 Å². The van der Waals surface area contributed by atoms with E-state index in [0.29, 0.717) is 18.1 Å². The molecule has 112 valence electrons. The molecule has 0 unspecified atom stereocenters. The van der Waals surface area contributed by atoms with Crippen molar-refractivity contribution in [1.29, 1.82) is 0 Å². The van der Waals surface area contributed by atoms with Gasteiger partial charge in [0.15, 0.2) is 0 Å². The minimum atomic E-state index is -4.25. The van der Waals surface area contributed by atoms with Crippen LogP contribution < -0.4 is 10.6 Å². The van der Waals surface area contributed by atoms with Crippen LogP contribution in [0.1, 0.15) is 38.9 Å². The molecule has 20 heavy (non-hydrogen) atoms. The van der Waals surface area contributed by atoms with Gasteiger partial charge in [0.25, 0.3) is 0 Å². The highest BCUT2D eigenvalue weighted by Crippen LogP contribution is 2.51. The van der Waals surface area contributed by atoms with E-state index in [2.05, 4.69) is 20.6 Å². The third kappa shape index (κ3) is 3.13. The minimum absolute atomic E-state index is 0.0969. The van der Waals surface area contributed by atoms with E-state index < -0.39 is 11.7 Å². The zero-order valence-electron chi connectivity index (χ0n) is 11.6. The molecule has 2 N–H and O–H groups in total. The number of halogens is 3. The monoisotopic (exact) mass is 288 g/mol. The second-order valence-corrected chi connectivity index (χ2v) is 5.04. The molecule has 0 amide bonds. The maximum absolute atomic E-state index is 12.9. The number of alkyl halides is 3. The predicted octanol–water partition coefficient (Wildman–Crippen LogP) is 3.37. The van der Waals surface area contributed by atoms with Gasteiger partial charge in [-0.1, -0.05) is 13.8 Å². The first kappa shape index (κ1) is 14.9. The van der Waals surface area contributed by atoms with Gasteiger partial charge in [0, 0.05) is 19.0 Å². The molecule has 2 rings (SSSR count). The fraction of sp³-hybridized carbons (Fsp3) is 0.692. The average Bonchev–Trinajstić information content (AvgIpc) is 3.16. The quantitative estimate of drug-likeness (QED) is 0.842. The summed E-state index contributed by atoms with van der Waals surface area (Å²) in [4.78, 5) is 8.39. The maximum Gasteiger partial charge on any atom is 0.411 e. The molecule has 4 nitrogen and oxygen atoms in total. The summed E-state index contributed by atoms with van der Waals surface area (Å²) >= 11 is 0. The summed E-state index contributed by atoms with van der Waals surface area (Å²) in [6, 6.07) is 1.54. The van der Waals surface area contributed by atoms with Gasteiger partial charge >= 0.3 is 6.18 Å². The number of hydrogen-bond acceptors (Lipinski definition) is 4. The Hall–Kier alpha value is -1.53. The van der Waals surface area contributed by atoms with E-state index in [4.69, 9.17) is 0 Å². The van der Waals surface area contributed by atoms with Crippen molar-refractivity contribution >= 4 is 11.6 Å². The summed E-state index contributed by atoms with van der Waals surface area (Å²) in [7, 11) is 0. The largest absolute Gasteiger partial charge is 0.411 e. The lowest BCUT2D eigenvalue weighted by atomic mass is 10.2. The molecule has 0 saturated heterocycles. The lowest BCUT2D eigenvalue weighted by Crippen LogP contribution is -2.39. The van der Waals surface area contributed by atoms with Gasteiger partial charge < -0.3 is 10.6 Å². The molecular formula is C13H19F3N4. The first-order valence-electron chi connectivity index (χ1n) is 6.87. The third-order valence-corrected chi connectivity index (χ3v) is 3.30. The molecule has 0 spiro atoms. The Bertz CT molecular complexity index is 469. The molecule has 0 aliphatic heterocycles. The topological polar surface area (TPSA) is 49.8 Å². The van der Waals surface area contributed by atoms with Crippen LogP contribution in [-0.2, 0) is 6.42 Å². The summed E-state index contributed by atoms with van der Waals surface area (Å²) in [6.07, 6.45) is -2.56. The Morgan fingerprint density at radius 3 is 2.35 bits per heavy atom. The van der Waals surface area contributed by atoms with Crippen LogP contribution in [0.5, 0.6) is 0 Å². The molecule has 7 heteroatoms. The van der Waals surface area contributed by atoms with Gasteiger partial charge in [-0.25, -0.2) is 9.97 Å². The van der Waals surface area contributed by atoms with E-state index in [-0.39, 0.29) is 18.7 Å². The Balaban J connectivity index is 2.19. The number of aromatic nitrogens is 2. The first-order valence-corrected chi connectivity index (χ1v) is 6.87. The number of nitrogens with one attached hydrogen (secondary N) is 2. The second-order valence-electron chi connectivity index (χ2n) is 5.04. The van der Waals surface area contributed by atoms with E-state index in [9.17, 15) is 13.2 Å². The van der Waals surface area contributed by atoms with Crippen LogP contribution in [-0.4, -0.2) is 28.2 Å². The molecule has 1 aromatic rings. The molecule has 1 fully saturated rings. The van der Waals surface area contributed by atoms with E-state index in [1.165, 1.54) is 0 Å². The summed E-state index contributed by atoms with van der Waals surface area (Å²) < 4.78 is 38.8. The number of nitrogens with zero attached hydrogens (tertiary/aromatic N) is 2. The summed E-state index contributed by atoms with van der Waals surface area (Å²) in [5.41, 5.74) is -1.80. The van der Waals surface area contributed by atoms with Crippen molar-refractivity contribution in [3.05, 3.63) is 11.9 Å². The number of rotatable bonds is 6. The van der Waals surface area contributed by atoms with Gasteiger partial charge in [-0.3, -0.25) is 0 Å². The normalized spacial score (nSPS) is 16.9. The van der Waals surface area contributed by atoms with E-state index in [1.807, 2.05) is 13.8 Å². The van der Waals surface area contributed by atoms with Gasteiger partial charge in [-0.05, 0) is 19.3 Å². The molecule has 0 radical (unpaired) electrons. The van der Waals surface area contributed by atoms with Crippen LogP contribution in [0.2, 0.25) is 0 Å². The van der Waals surface area contributed by atoms with Crippen LogP contribution >= 0.6 is 0 Å². The van der Waals surface area contributed by atoms with Crippen LogP contribution in [0.3, 0.4) is 0 Å². The lowest BCUT2D eigenvalue weighted by Gasteiger charge is -2.21. The first-order chi connectivity index (χ1) is 9.40. The summed E-state index contributed by atoms with van der Waals surface area (Å²) in [5.74, 6) is 1.34. The molecule has 0 aromatic carbocycles. The van der Waals surface area contributed by atoms with Gasteiger partial charge in [0.2, 0.25) is 0 Å². The highest BCUT2D eigenvalue weighted by atomic mass is 19.4.